The zero-order chi connectivity index (χ0) is 21.1. The first-order valence-corrected chi connectivity index (χ1v) is 9.90. The predicted octanol–water partition coefficient (Wildman–Crippen LogP) is 3.03. The first-order chi connectivity index (χ1) is 14.5. The van der Waals surface area contributed by atoms with E-state index in [0.29, 0.717) is 17.8 Å². The van der Waals surface area contributed by atoms with Crippen LogP contribution in [0.5, 0.6) is 0 Å². The molecule has 0 radical (unpaired) electrons. The fourth-order valence-electron chi connectivity index (χ4n) is 3.43. The van der Waals surface area contributed by atoms with Gasteiger partial charge in [-0.05, 0) is 36.8 Å². The predicted molar refractivity (Wildman–Crippen MR) is 116 cm³/mol. The number of carbonyl (C=O) groups is 1. The maximum atomic E-state index is 13.1. The van der Waals surface area contributed by atoms with Crippen LogP contribution in [0.3, 0.4) is 0 Å². The Kier molecular flexibility index (Phi) is 5.63. The van der Waals surface area contributed by atoms with Crippen LogP contribution in [0, 0.1) is 6.92 Å². The van der Waals surface area contributed by atoms with Crippen molar-refractivity contribution in [1.29, 1.82) is 0 Å². The molecule has 0 atom stereocenters. The number of aromatic nitrogens is 4. The summed E-state index contributed by atoms with van der Waals surface area (Å²) in [7, 11) is 0. The summed E-state index contributed by atoms with van der Waals surface area (Å²) in [5.41, 5.74) is 3.65. The van der Waals surface area contributed by atoms with Gasteiger partial charge in [-0.25, -0.2) is 14.8 Å². The second-order valence-corrected chi connectivity index (χ2v) is 7.31. The number of rotatable bonds is 6. The van der Waals surface area contributed by atoms with Crippen LogP contribution in [0.15, 0.2) is 65.7 Å². The standard InChI is InChI=1S/C22H20ClN5O2/c1-15-5-2-6-16(13-15)14-28-18-8-4-10-25-20(18)27(22(28)30)12-11-26-21(29)17-7-3-9-24-19(17)23/h2-10,13H,11-12,14H2,1H3,(H,26,29). The summed E-state index contributed by atoms with van der Waals surface area (Å²) in [5.74, 6) is -0.336. The van der Waals surface area contributed by atoms with Gasteiger partial charge in [0.1, 0.15) is 5.15 Å². The molecule has 1 N–H and O–H groups in total. The van der Waals surface area contributed by atoms with Gasteiger partial charge < -0.3 is 5.32 Å². The van der Waals surface area contributed by atoms with Gasteiger partial charge in [0.15, 0.2) is 5.65 Å². The first-order valence-electron chi connectivity index (χ1n) is 9.53. The topological polar surface area (TPSA) is 81.8 Å². The quantitative estimate of drug-likeness (QED) is 0.485. The molecule has 0 aliphatic heterocycles. The highest BCUT2D eigenvalue weighted by Gasteiger charge is 2.15. The Hall–Kier alpha value is -3.45. The number of hydrogen-bond acceptors (Lipinski definition) is 4. The molecule has 0 fully saturated rings. The summed E-state index contributed by atoms with van der Waals surface area (Å²) in [4.78, 5) is 33.8. The molecular weight excluding hydrogens is 402 g/mol. The fourth-order valence-corrected chi connectivity index (χ4v) is 3.63. The number of benzene rings is 1. The van der Waals surface area contributed by atoms with Gasteiger partial charge in [0.2, 0.25) is 0 Å². The minimum absolute atomic E-state index is 0.142. The number of nitrogens with one attached hydrogen (secondary N) is 1. The van der Waals surface area contributed by atoms with Gasteiger partial charge in [-0.3, -0.25) is 13.9 Å². The lowest BCUT2D eigenvalue weighted by molar-refractivity contribution is 0.0952. The van der Waals surface area contributed by atoms with Gasteiger partial charge >= 0.3 is 5.69 Å². The van der Waals surface area contributed by atoms with Crippen molar-refractivity contribution < 1.29 is 4.79 Å². The first kappa shape index (κ1) is 19.8. The molecule has 0 spiro atoms. The third kappa shape index (κ3) is 3.97. The molecule has 152 valence electrons. The van der Waals surface area contributed by atoms with E-state index in [9.17, 15) is 9.59 Å². The van der Waals surface area contributed by atoms with Crippen molar-refractivity contribution >= 4 is 28.7 Å². The molecule has 4 rings (SSSR count). The Morgan fingerprint density at radius 1 is 1.07 bits per heavy atom. The Morgan fingerprint density at radius 2 is 1.87 bits per heavy atom. The molecule has 0 saturated carbocycles. The molecule has 1 aromatic carbocycles. The van der Waals surface area contributed by atoms with E-state index >= 15 is 0 Å². The van der Waals surface area contributed by atoms with Crippen LogP contribution >= 0.6 is 11.6 Å². The molecule has 0 saturated heterocycles. The molecule has 3 heterocycles. The van der Waals surface area contributed by atoms with Crippen molar-refractivity contribution in [2.75, 3.05) is 6.54 Å². The van der Waals surface area contributed by atoms with Gasteiger partial charge in [0.25, 0.3) is 5.91 Å². The number of amides is 1. The van der Waals surface area contributed by atoms with Crippen LogP contribution in [0.2, 0.25) is 5.15 Å². The van der Waals surface area contributed by atoms with Gasteiger partial charge in [-0.2, -0.15) is 0 Å². The number of hydrogen-bond donors (Lipinski definition) is 1. The van der Waals surface area contributed by atoms with Crippen molar-refractivity contribution in [2.24, 2.45) is 0 Å². The minimum atomic E-state index is -0.336. The lowest BCUT2D eigenvalue weighted by atomic mass is 10.1. The van der Waals surface area contributed by atoms with Crippen LogP contribution in [-0.4, -0.2) is 31.6 Å². The zero-order valence-corrected chi connectivity index (χ0v) is 17.1. The van der Waals surface area contributed by atoms with Crippen molar-refractivity contribution in [2.45, 2.75) is 20.0 Å². The Labute approximate surface area is 178 Å². The molecule has 30 heavy (non-hydrogen) atoms. The third-order valence-corrected chi connectivity index (χ3v) is 5.12. The molecule has 0 bridgehead atoms. The maximum Gasteiger partial charge on any atom is 0.330 e. The minimum Gasteiger partial charge on any atom is -0.350 e. The average molecular weight is 422 g/mol. The summed E-state index contributed by atoms with van der Waals surface area (Å²) in [6, 6.07) is 15.0. The molecule has 0 unspecified atom stereocenters. The largest absolute Gasteiger partial charge is 0.350 e. The second kappa shape index (κ2) is 8.51. The number of aryl methyl sites for hydroxylation is 1. The number of pyridine rings is 2. The zero-order valence-electron chi connectivity index (χ0n) is 16.4. The van der Waals surface area contributed by atoms with Crippen molar-refractivity contribution in [3.8, 4) is 0 Å². The number of carbonyl (C=O) groups excluding carboxylic acids is 1. The highest BCUT2D eigenvalue weighted by Crippen LogP contribution is 2.14. The summed E-state index contributed by atoms with van der Waals surface area (Å²) < 4.78 is 3.28. The molecule has 0 aliphatic rings. The van der Waals surface area contributed by atoms with E-state index in [4.69, 9.17) is 11.6 Å². The van der Waals surface area contributed by atoms with Crippen LogP contribution < -0.4 is 11.0 Å². The summed E-state index contributed by atoms with van der Waals surface area (Å²) in [5, 5.41) is 2.93. The van der Waals surface area contributed by atoms with Gasteiger partial charge in [0, 0.05) is 25.5 Å². The average Bonchev–Trinajstić information content (AvgIpc) is 3.00. The SMILES string of the molecule is Cc1cccc(Cn2c(=O)n(CCNC(=O)c3cccnc3Cl)c3ncccc32)c1. The highest BCUT2D eigenvalue weighted by atomic mass is 35.5. The summed E-state index contributed by atoms with van der Waals surface area (Å²) in [6.07, 6.45) is 3.18. The molecule has 4 aromatic rings. The normalized spacial score (nSPS) is 11.0. The highest BCUT2D eigenvalue weighted by molar-refractivity contribution is 6.32. The van der Waals surface area contributed by atoms with E-state index in [0.717, 1.165) is 16.6 Å². The third-order valence-electron chi connectivity index (χ3n) is 4.82. The molecule has 1 amide bonds. The smallest absolute Gasteiger partial charge is 0.330 e. The Bertz CT molecular complexity index is 1280. The lowest BCUT2D eigenvalue weighted by Gasteiger charge is -2.07. The van der Waals surface area contributed by atoms with E-state index in [-0.39, 0.29) is 29.8 Å². The Morgan fingerprint density at radius 3 is 2.67 bits per heavy atom. The van der Waals surface area contributed by atoms with E-state index in [1.54, 1.807) is 27.5 Å². The number of imidazole rings is 1. The number of fused-ring (bicyclic) bond motifs is 1. The maximum absolute atomic E-state index is 13.1. The van der Waals surface area contributed by atoms with Crippen molar-refractivity contribution in [3.05, 3.63) is 93.3 Å². The van der Waals surface area contributed by atoms with Gasteiger partial charge in [0.05, 0.1) is 17.6 Å². The lowest BCUT2D eigenvalue weighted by Crippen LogP contribution is -2.32. The van der Waals surface area contributed by atoms with Crippen molar-refractivity contribution in [3.63, 3.8) is 0 Å². The Balaban J connectivity index is 1.57. The van der Waals surface area contributed by atoms with E-state index in [1.165, 1.54) is 6.20 Å². The van der Waals surface area contributed by atoms with Crippen LogP contribution in [0.4, 0.5) is 0 Å². The van der Waals surface area contributed by atoms with Gasteiger partial charge in [-0.15, -0.1) is 0 Å². The molecule has 8 heteroatoms. The van der Waals surface area contributed by atoms with Crippen LogP contribution in [-0.2, 0) is 13.1 Å². The number of halogens is 1. The second-order valence-electron chi connectivity index (χ2n) is 6.95. The van der Waals surface area contributed by atoms with Crippen molar-refractivity contribution in [1.82, 2.24) is 24.4 Å². The summed E-state index contributed by atoms with van der Waals surface area (Å²) in [6.45, 7) is 3.02. The van der Waals surface area contributed by atoms with E-state index in [2.05, 4.69) is 21.4 Å². The molecular formula is C22H20ClN5O2. The fraction of sp³-hybridized carbons (Fsp3) is 0.182. The summed E-state index contributed by atoms with van der Waals surface area (Å²) >= 11 is 5.97. The van der Waals surface area contributed by atoms with Crippen LogP contribution in [0.1, 0.15) is 21.5 Å². The molecule has 0 aliphatic carbocycles. The monoisotopic (exact) mass is 421 g/mol. The van der Waals surface area contributed by atoms with Crippen LogP contribution in [0.25, 0.3) is 11.2 Å². The van der Waals surface area contributed by atoms with E-state index in [1.807, 2.05) is 37.3 Å². The molecule has 7 nitrogen and oxygen atoms in total. The van der Waals surface area contributed by atoms with E-state index < -0.39 is 0 Å². The van der Waals surface area contributed by atoms with Gasteiger partial charge in [-0.1, -0.05) is 41.4 Å². The molecule has 3 aromatic heterocycles. The number of nitrogens with zero attached hydrogens (tertiary/aromatic N) is 4.